The van der Waals surface area contributed by atoms with Crippen molar-refractivity contribution in [3.05, 3.63) is 35.4 Å². The van der Waals surface area contributed by atoms with Crippen molar-refractivity contribution in [2.45, 2.75) is 51.6 Å². The zero-order valence-corrected chi connectivity index (χ0v) is 12.6. The number of benzene rings is 1. The second-order valence-electron chi connectivity index (χ2n) is 6.16. The second kappa shape index (κ2) is 6.40. The Balaban J connectivity index is 1.87. The van der Waals surface area contributed by atoms with Gasteiger partial charge in [0.15, 0.2) is 0 Å². The Labute approximate surface area is 121 Å². The first-order chi connectivity index (χ1) is 9.48. The molecule has 0 saturated carbocycles. The van der Waals surface area contributed by atoms with Crippen LogP contribution in [0, 0.1) is 6.92 Å². The van der Waals surface area contributed by atoms with Crippen LogP contribution in [0.3, 0.4) is 0 Å². The van der Waals surface area contributed by atoms with Crippen molar-refractivity contribution in [3.8, 4) is 0 Å². The molecule has 1 fully saturated rings. The number of amides is 1. The van der Waals surface area contributed by atoms with Crippen LogP contribution in [-0.4, -0.2) is 34.6 Å². The Morgan fingerprint density at radius 1 is 1.30 bits per heavy atom. The molecule has 1 heterocycles. The molecule has 1 saturated heterocycles. The summed E-state index contributed by atoms with van der Waals surface area (Å²) in [5, 5.41) is 10.1. The highest BCUT2D eigenvalue weighted by molar-refractivity contribution is 5.76. The third-order valence-corrected chi connectivity index (χ3v) is 4.29. The van der Waals surface area contributed by atoms with Gasteiger partial charge in [-0.3, -0.25) is 4.79 Å². The molecule has 1 aliphatic heterocycles. The van der Waals surface area contributed by atoms with E-state index < -0.39 is 5.60 Å². The van der Waals surface area contributed by atoms with Gasteiger partial charge >= 0.3 is 0 Å². The van der Waals surface area contributed by atoms with Crippen molar-refractivity contribution in [1.82, 2.24) is 4.90 Å². The third-order valence-electron chi connectivity index (χ3n) is 4.29. The number of hydrogen-bond donors (Lipinski definition) is 1. The van der Waals surface area contributed by atoms with Crippen LogP contribution in [0.25, 0.3) is 0 Å². The first-order valence-corrected chi connectivity index (χ1v) is 7.53. The summed E-state index contributed by atoms with van der Waals surface area (Å²) in [4.78, 5) is 14.2. The summed E-state index contributed by atoms with van der Waals surface area (Å²) in [5.74, 6) is 0.214. The number of aryl methyl sites for hydroxylation is 2. The van der Waals surface area contributed by atoms with E-state index in [1.807, 2.05) is 24.0 Å². The summed E-state index contributed by atoms with van der Waals surface area (Å²) in [5.41, 5.74) is 1.90. The van der Waals surface area contributed by atoms with Crippen LogP contribution in [0.4, 0.5) is 0 Å². The standard InChI is InChI=1S/C17H25NO2/c1-14-6-3-4-7-15(14)8-9-16(19)18-12-5-10-17(2,20)11-13-18/h3-4,6-7,20H,5,8-13H2,1-2H3. The molecule has 0 radical (unpaired) electrons. The van der Waals surface area contributed by atoms with E-state index in [4.69, 9.17) is 0 Å². The maximum absolute atomic E-state index is 12.3. The lowest BCUT2D eigenvalue weighted by Gasteiger charge is -2.22. The molecule has 0 aliphatic carbocycles. The summed E-state index contributed by atoms with van der Waals surface area (Å²) in [6.45, 7) is 5.42. The topological polar surface area (TPSA) is 40.5 Å². The van der Waals surface area contributed by atoms with E-state index in [1.54, 1.807) is 0 Å². The fraction of sp³-hybridized carbons (Fsp3) is 0.588. The smallest absolute Gasteiger partial charge is 0.222 e. The molecular weight excluding hydrogens is 250 g/mol. The van der Waals surface area contributed by atoms with Gasteiger partial charge in [0.05, 0.1) is 5.60 Å². The number of likely N-dealkylation sites (tertiary alicyclic amines) is 1. The second-order valence-corrected chi connectivity index (χ2v) is 6.16. The summed E-state index contributed by atoms with van der Waals surface area (Å²) in [7, 11) is 0. The molecule has 3 nitrogen and oxygen atoms in total. The van der Waals surface area contributed by atoms with Crippen LogP contribution >= 0.6 is 0 Å². The average molecular weight is 275 g/mol. The Bertz CT molecular complexity index is 468. The molecular formula is C17H25NO2. The fourth-order valence-electron chi connectivity index (χ4n) is 2.80. The van der Waals surface area contributed by atoms with E-state index in [2.05, 4.69) is 19.1 Å². The Morgan fingerprint density at radius 3 is 2.80 bits per heavy atom. The van der Waals surface area contributed by atoms with Gasteiger partial charge in [-0.1, -0.05) is 24.3 Å². The Kier molecular flexibility index (Phi) is 4.81. The van der Waals surface area contributed by atoms with Gasteiger partial charge in [-0.15, -0.1) is 0 Å². The minimum absolute atomic E-state index is 0.214. The summed E-state index contributed by atoms with van der Waals surface area (Å²) < 4.78 is 0. The highest BCUT2D eigenvalue weighted by atomic mass is 16.3. The fourth-order valence-corrected chi connectivity index (χ4v) is 2.80. The molecule has 1 aromatic rings. The average Bonchev–Trinajstić information content (AvgIpc) is 2.58. The van der Waals surface area contributed by atoms with Gasteiger partial charge < -0.3 is 10.0 Å². The van der Waals surface area contributed by atoms with Gasteiger partial charge in [0, 0.05) is 19.5 Å². The number of carbonyl (C=O) groups is 1. The van der Waals surface area contributed by atoms with E-state index in [-0.39, 0.29) is 5.91 Å². The van der Waals surface area contributed by atoms with E-state index in [0.29, 0.717) is 19.4 Å². The zero-order chi connectivity index (χ0) is 14.6. The molecule has 0 aromatic heterocycles. The predicted molar refractivity (Wildman–Crippen MR) is 80.6 cm³/mol. The molecule has 1 aromatic carbocycles. The lowest BCUT2D eigenvalue weighted by molar-refractivity contribution is -0.131. The Morgan fingerprint density at radius 2 is 2.05 bits per heavy atom. The highest BCUT2D eigenvalue weighted by Crippen LogP contribution is 2.22. The normalized spacial score (nSPS) is 23.4. The number of carbonyl (C=O) groups excluding carboxylic acids is 1. The van der Waals surface area contributed by atoms with Crippen molar-refractivity contribution in [1.29, 1.82) is 0 Å². The first-order valence-electron chi connectivity index (χ1n) is 7.53. The number of nitrogens with zero attached hydrogens (tertiary/aromatic N) is 1. The maximum Gasteiger partial charge on any atom is 0.222 e. The lowest BCUT2D eigenvalue weighted by Crippen LogP contribution is -2.33. The molecule has 0 bridgehead atoms. The molecule has 1 unspecified atom stereocenters. The molecule has 1 amide bonds. The SMILES string of the molecule is Cc1ccccc1CCC(=O)N1CCCC(C)(O)CC1. The minimum atomic E-state index is -0.606. The molecule has 3 heteroatoms. The van der Waals surface area contributed by atoms with Crippen LogP contribution in [0.15, 0.2) is 24.3 Å². The van der Waals surface area contributed by atoms with E-state index in [1.165, 1.54) is 11.1 Å². The summed E-state index contributed by atoms with van der Waals surface area (Å²) >= 11 is 0. The van der Waals surface area contributed by atoms with E-state index in [0.717, 1.165) is 25.8 Å². The van der Waals surface area contributed by atoms with Gasteiger partial charge in [-0.05, 0) is 50.7 Å². The molecule has 1 N–H and O–H groups in total. The van der Waals surface area contributed by atoms with Gasteiger partial charge in [0.1, 0.15) is 0 Å². The number of hydrogen-bond acceptors (Lipinski definition) is 2. The van der Waals surface area contributed by atoms with E-state index >= 15 is 0 Å². The minimum Gasteiger partial charge on any atom is -0.390 e. The summed E-state index contributed by atoms with van der Waals surface area (Å²) in [6.07, 6.45) is 3.73. The first kappa shape index (κ1) is 15.0. The monoisotopic (exact) mass is 275 g/mol. The third kappa shape index (κ3) is 4.07. The van der Waals surface area contributed by atoms with Crippen molar-refractivity contribution in [2.75, 3.05) is 13.1 Å². The molecule has 20 heavy (non-hydrogen) atoms. The highest BCUT2D eigenvalue weighted by Gasteiger charge is 2.26. The number of aliphatic hydroxyl groups is 1. The molecule has 2 rings (SSSR count). The molecule has 1 atom stereocenters. The molecule has 1 aliphatic rings. The number of rotatable bonds is 3. The van der Waals surface area contributed by atoms with Crippen LogP contribution in [0.1, 0.15) is 43.7 Å². The van der Waals surface area contributed by atoms with Crippen LogP contribution in [0.5, 0.6) is 0 Å². The maximum atomic E-state index is 12.3. The van der Waals surface area contributed by atoms with Gasteiger partial charge in [-0.25, -0.2) is 0 Å². The molecule has 110 valence electrons. The van der Waals surface area contributed by atoms with Crippen LogP contribution in [0.2, 0.25) is 0 Å². The van der Waals surface area contributed by atoms with Crippen LogP contribution < -0.4 is 0 Å². The zero-order valence-electron chi connectivity index (χ0n) is 12.6. The van der Waals surface area contributed by atoms with E-state index in [9.17, 15) is 9.90 Å². The van der Waals surface area contributed by atoms with Crippen molar-refractivity contribution in [3.63, 3.8) is 0 Å². The predicted octanol–water partition coefficient (Wildman–Crippen LogP) is 2.69. The van der Waals surface area contributed by atoms with Gasteiger partial charge in [-0.2, -0.15) is 0 Å². The molecule has 0 spiro atoms. The van der Waals surface area contributed by atoms with Crippen molar-refractivity contribution >= 4 is 5.91 Å². The quantitative estimate of drug-likeness (QED) is 0.921. The Hall–Kier alpha value is -1.35. The lowest BCUT2D eigenvalue weighted by atomic mass is 9.98. The van der Waals surface area contributed by atoms with Crippen molar-refractivity contribution in [2.24, 2.45) is 0 Å². The van der Waals surface area contributed by atoms with Crippen LogP contribution in [-0.2, 0) is 11.2 Å². The van der Waals surface area contributed by atoms with Crippen molar-refractivity contribution < 1.29 is 9.90 Å². The van der Waals surface area contributed by atoms with Gasteiger partial charge in [0.2, 0.25) is 5.91 Å². The van der Waals surface area contributed by atoms with Gasteiger partial charge in [0.25, 0.3) is 0 Å². The summed E-state index contributed by atoms with van der Waals surface area (Å²) in [6, 6.07) is 8.23. The largest absolute Gasteiger partial charge is 0.390 e.